The molecule has 1 aromatic heterocycles. The number of furan rings is 1. The molecule has 0 N–H and O–H groups in total. The molecule has 0 fully saturated rings. The van der Waals surface area contributed by atoms with E-state index in [2.05, 4.69) is 0 Å². The normalized spacial score (nSPS) is 22.4. The molecular weight excluding hydrogens is 655 g/mol. The summed E-state index contributed by atoms with van der Waals surface area (Å²) in [5.41, 5.74) is -17.2. The van der Waals surface area contributed by atoms with Crippen LogP contribution in [-0.4, -0.2) is 0 Å². The van der Waals surface area contributed by atoms with Gasteiger partial charge in [-0.3, -0.25) is 0 Å². The topological polar surface area (TPSA) is 16.4 Å². The number of rotatable bonds is 5. The van der Waals surface area contributed by atoms with Crippen LogP contribution < -0.4 is 4.90 Å². The maximum absolute atomic E-state index is 10.8. The van der Waals surface area contributed by atoms with Crippen molar-refractivity contribution in [2.24, 2.45) is 0 Å². The lowest BCUT2D eigenvalue weighted by Crippen LogP contribution is -2.28. The van der Waals surface area contributed by atoms with Gasteiger partial charge in [-0.25, -0.2) is 0 Å². The van der Waals surface area contributed by atoms with E-state index in [0.29, 0.717) is 4.90 Å². The number of para-hydroxylation sites is 1. The van der Waals surface area contributed by atoms with Crippen LogP contribution in [0.4, 0.5) is 17.1 Å². The molecule has 0 aliphatic heterocycles. The highest BCUT2D eigenvalue weighted by molar-refractivity contribution is 6.13. The Morgan fingerprint density at radius 1 is 0.444 bits per heavy atom. The quantitative estimate of drug-likeness (QED) is 0.176. The molecule has 0 unspecified atom stereocenters. The van der Waals surface area contributed by atoms with Crippen molar-refractivity contribution >= 4 is 39.0 Å². The predicted octanol–water partition coefficient (Wildman–Crippen LogP) is 13.7. The van der Waals surface area contributed by atoms with Gasteiger partial charge in [0, 0.05) is 22.2 Å². The van der Waals surface area contributed by atoms with E-state index in [1.165, 1.54) is 13.8 Å². The molecular formula is C52H37NO. The third-order valence-electron chi connectivity index (χ3n) is 9.82. The second kappa shape index (κ2) is 11.4. The minimum absolute atomic E-state index is 0.168. The maximum Gasteiger partial charge on any atom is 0.137 e. The zero-order valence-electron chi connectivity index (χ0n) is 58.9. The number of benzene rings is 8. The fourth-order valence-corrected chi connectivity index (χ4v) is 7.49. The molecule has 54 heavy (non-hydrogen) atoms. The molecule has 0 radical (unpaired) electrons. The van der Waals surface area contributed by atoms with E-state index in [0.717, 1.165) is 0 Å². The van der Waals surface area contributed by atoms with Gasteiger partial charge in [0.05, 0.1) is 59.0 Å². The Morgan fingerprint density at radius 3 is 1.67 bits per heavy atom. The largest absolute Gasteiger partial charge is 0.456 e. The average molecular weight is 723 g/mol. The summed E-state index contributed by atoms with van der Waals surface area (Å²) in [6.45, 7) is 2.82. The van der Waals surface area contributed by atoms with E-state index >= 15 is 0 Å². The Kier molecular flexibility index (Phi) is 2.76. The van der Waals surface area contributed by atoms with Gasteiger partial charge in [-0.15, -0.1) is 0 Å². The Balaban J connectivity index is 1.49. The lowest BCUT2D eigenvalue weighted by atomic mass is 9.67. The fraction of sp³-hybridized carbons (Fsp3) is 0.0769. The van der Waals surface area contributed by atoms with Crippen molar-refractivity contribution in [1.82, 2.24) is 0 Å². The molecule has 1 heterocycles. The summed E-state index contributed by atoms with van der Waals surface area (Å²) in [7, 11) is 0. The van der Waals surface area contributed by atoms with Crippen LogP contribution in [0.2, 0.25) is 0 Å². The van der Waals surface area contributed by atoms with Crippen molar-refractivity contribution < 1.29 is 46.9 Å². The SMILES string of the molecule is [2H]c1c([2H])c([2H])c(C2(c3c([2H])c([2H])c([2H])c([2H])c3[2H])c3c([2H])c([2H])c([2H])c([2H])c3-c3c([2H])c([2H])c(N(c4c([2H])c([2H])c5c(c4[2H])C(C)(C)c4c([2H])c([2H])c([2H])c([2H])c4-5)c4c([2H])c([2H])c([2H])c5oc6c([2H])c([2H])c([2H])c([2H])c6c45)c([2H])c32)c([2H])c1[2H]. The summed E-state index contributed by atoms with van der Waals surface area (Å²) < 4.78 is 295. The van der Waals surface area contributed by atoms with Gasteiger partial charge in [-0.1, -0.05) is 159 Å². The fourth-order valence-electron chi connectivity index (χ4n) is 7.49. The molecule has 0 saturated carbocycles. The Morgan fingerprint density at radius 2 is 0.963 bits per heavy atom. The van der Waals surface area contributed by atoms with Crippen LogP contribution in [0.1, 0.15) is 89.7 Å². The number of nitrogens with zero attached hydrogens (tertiary/aromatic N) is 1. The van der Waals surface area contributed by atoms with Crippen LogP contribution in [0.3, 0.4) is 0 Å². The molecule has 0 atom stereocenters. The number of fused-ring (bicyclic) bond motifs is 9. The van der Waals surface area contributed by atoms with E-state index in [4.69, 9.17) is 26.3 Å². The third kappa shape index (κ3) is 4.17. The average Bonchev–Trinajstić information content (AvgIpc) is 1.58. The smallest absolute Gasteiger partial charge is 0.137 e. The van der Waals surface area contributed by atoms with E-state index < -0.39 is 271 Å². The van der Waals surface area contributed by atoms with Crippen molar-refractivity contribution in [2.75, 3.05) is 4.90 Å². The first kappa shape index (κ1) is 13.0. The summed E-state index contributed by atoms with van der Waals surface area (Å²) in [6.07, 6.45) is 0. The summed E-state index contributed by atoms with van der Waals surface area (Å²) in [4.78, 5) is 0.505. The molecule has 0 bridgehead atoms. The standard InChI is InChI=1S/C52H37NO/c1-51(2)43-23-12-9-20-38(43)40-30-28-36(32-45(40)51)53(47-25-15-27-49-50(47)42-22-11-14-26-48(42)54-49)37-29-31-41-39-21-10-13-24-44(39)52(46(41)33-37,34-16-5-3-6-17-34)35-18-7-4-8-19-35/h3-33H,1-2H3/i3D,4D,5D,6D,7D,8D,9D,10D,11D,12D,13D,14D,15D,16D,17D,18D,19D,20D,21D,22D,23D,24D,25D,26D,27D,28D,29D,30D,31D,32D,33D. The van der Waals surface area contributed by atoms with Gasteiger partial charge >= 0.3 is 0 Å². The molecule has 2 aliphatic rings. The zero-order valence-corrected chi connectivity index (χ0v) is 27.9. The molecule has 0 amide bonds. The molecule has 0 spiro atoms. The van der Waals surface area contributed by atoms with Crippen LogP contribution in [0, 0.1) is 0 Å². The Hall–Kier alpha value is -6.64. The molecule has 2 aliphatic carbocycles. The van der Waals surface area contributed by atoms with Crippen molar-refractivity contribution in [3.05, 3.63) is 221 Å². The summed E-state index contributed by atoms with van der Waals surface area (Å²) in [5, 5.41) is -1.38. The molecule has 0 saturated heterocycles. The first-order valence-electron chi connectivity index (χ1n) is 31.8. The first-order valence-corrected chi connectivity index (χ1v) is 16.3. The lowest BCUT2D eigenvalue weighted by molar-refractivity contribution is 0.660. The van der Waals surface area contributed by atoms with Crippen LogP contribution in [-0.2, 0) is 10.8 Å². The van der Waals surface area contributed by atoms with Crippen molar-refractivity contribution in [1.29, 1.82) is 0 Å². The van der Waals surface area contributed by atoms with Gasteiger partial charge in [0.15, 0.2) is 0 Å². The van der Waals surface area contributed by atoms with E-state index in [-0.39, 0.29) is 22.3 Å². The van der Waals surface area contributed by atoms with Gasteiger partial charge < -0.3 is 9.32 Å². The van der Waals surface area contributed by atoms with Gasteiger partial charge in [0.2, 0.25) is 0 Å². The molecule has 256 valence electrons. The highest BCUT2D eigenvalue weighted by atomic mass is 16.3. The summed E-state index contributed by atoms with van der Waals surface area (Å²) >= 11 is 0. The molecule has 11 rings (SSSR count). The molecule has 2 heteroatoms. The summed E-state index contributed by atoms with van der Waals surface area (Å²) in [6, 6.07) is -32.8. The van der Waals surface area contributed by atoms with Crippen LogP contribution in [0.15, 0.2) is 192 Å². The molecule has 2 nitrogen and oxygen atoms in total. The maximum atomic E-state index is 10.8. The van der Waals surface area contributed by atoms with E-state index in [9.17, 15) is 20.6 Å². The zero-order chi connectivity index (χ0) is 63.0. The summed E-state index contributed by atoms with van der Waals surface area (Å²) in [5.74, 6) is 0. The molecule has 9 aromatic rings. The molecule has 8 aromatic carbocycles. The number of hydrogen-bond donors (Lipinski definition) is 0. The number of hydrogen-bond acceptors (Lipinski definition) is 2. The van der Waals surface area contributed by atoms with Gasteiger partial charge in [0.25, 0.3) is 0 Å². The van der Waals surface area contributed by atoms with E-state index in [1.807, 2.05) is 0 Å². The highest BCUT2D eigenvalue weighted by Gasteiger charge is 2.46. The van der Waals surface area contributed by atoms with Gasteiger partial charge in [-0.05, 0) is 97.9 Å². The van der Waals surface area contributed by atoms with Crippen LogP contribution in [0.25, 0.3) is 44.2 Å². The van der Waals surface area contributed by atoms with Crippen LogP contribution >= 0.6 is 0 Å². The Labute approximate surface area is 359 Å². The van der Waals surface area contributed by atoms with Gasteiger partial charge in [0.1, 0.15) is 11.2 Å². The van der Waals surface area contributed by atoms with Crippen molar-refractivity contribution in [3.63, 3.8) is 0 Å². The first-order chi connectivity index (χ1) is 39.4. The van der Waals surface area contributed by atoms with E-state index in [1.54, 1.807) is 0 Å². The van der Waals surface area contributed by atoms with Crippen molar-refractivity contribution in [2.45, 2.75) is 24.7 Å². The highest BCUT2D eigenvalue weighted by Crippen LogP contribution is 2.58. The minimum Gasteiger partial charge on any atom is -0.456 e. The minimum atomic E-state index is -3.43. The lowest BCUT2D eigenvalue weighted by Gasteiger charge is -2.35. The Bertz CT molecular complexity index is 4590. The second-order valence-corrected chi connectivity index (χ2v) is 12.9. The second-order valence-electron chi connectivity index (χ2n) is 12.9. The van der Waals surface area contributed by atoms with Crippen molar-refractivity contribution in [3.8, 4) is 22.3 Å². The van der Waals surface area contributed by atoms with Gasteiger partial charge in [-0.2, -0.15) is 0 Å². The number of anilines is 3. The predicted molar refractivity (Wildman–Crippen MR) is 223 cm³/mol. The van der Waals surface area contributed by atoms with Crippen LogP contribution in [0.5, 0.6) is 0 Å². The third-order valence-corrected chi connectivity index (χ3v) is 9.82. The monoisotopic (exact) mass is 722 g/mol.